The van der Waals surface area contributed by atoms with Crippen molar-refractivity contribution in [3.63, 3.8) is 0 Å². The van der Waals surface area contributed by atoms with Gasteiger partial charge in [0.2, 0.25) is 0 Å². The second-order valence-corrected chi connectivity index (χ2v) is 4.78. The van der Waals surface area contributed by atoms with Gasteiger partial charge in [-0.05, 0) is 29.8 Å². The number of fused-ring (bicyclic) bond motifs is 1. The van der Waals surface area contributed by atoms with E-state index in [-0.39, 0.29) is 12.4 Å². The van der Waals surface area contributed by atoms with Crippen molar-refractivity contribution in [3.05, 3.63) is 71.7 Å². The first-order valence-corrected chi connectivity index (χ1v) is 6.71. The lowest BCUT2D eigenvalue weighted by molar-refractivity contribution is 0.300. The van der Waals surface area contributed by atoms with E-state index in [2.05, 4.69) is 4.98 Å². The molecule has 0 aliphatic rings. The molecule has 0 aliphatic heterocycles. The Bertz CT molecular complexity index is 774. The van der Waals surface area contributed by atoms with Crippen LogP contribution in [0.4, 0.5) is 4.39 Å². The topological polar surface area (TPSA) is 48.1 Å². The van der Waals surface area contributed by atoms with Gasteiger partial charge in [0.05, 0.1) is 5.52 Å². The molecule has 0 spiro atoms. The standard InChI is InChI=1S/C17H15FN2O/c18-16-8-12(10-19)3-4-14(16)11-21-15-6-5-13-2-1-7-20-17(13)9-15/h1-9H,10-11,19H2. The van der Waals surface area contributed by atoms with E-state index in [1.165, 1.54) is 6.07 Å². The highest BCUT2D eigenvalue weighted by Gasteiger charge is 2.05. The Kier molecular flexibility index (Phi) is 3.79. The van der Waals surface area contributed by atoms with Gasteiger partial charge in [0.15, 0.2) is 0 Å². The first-order valence-electron chi connectivity index (χ1n) is 6.71. The number of pyridine rings is 1. The van der Waals surface area contributed by atoms with Crippen LogP contribution in [0.15, 0.2) is 54.7 Å². The number of nitrogens with two attached hydrogens (primary N) is 1. The number of nitrogens with zero attached hydrogens (tertiary/aromatic N) is 1. The van der Waals surface area contributed by atoms with Gasteiger partial charge in [0.25, 0.3) is 0 Å². The van der Waals surface area contributed by atoms with Gasteiger partial charge in [-0.1, -0.05) is 18.2 Å². The van der Waals surface area contributed by atoms with E-state index in [0.29, 0.717) is 17.9 Å². The molecule has 106 valence electrons. The Labute approximate surface area is 122 Å². The molecule has 0 bridgehead atoms. The molecule has 0 atom stereocenters. The van der Waals surface area contributed by atoms with Crippen molar-refractivity contribution in [1.29, 1.82) is 0 Å². The van der Waals surface area contributed by atoms with Crippen LogP contribution in [0.1, 0.15) is 11.1 Å². The predicted octanol–water partition coefficient (Wildman–Crippen LogP) is 3.41. The Hall–Kier alpha value is -2.46. The fourth-order valence-corrected chi connectivity index (χ4v) is 2.13. The minimum absolute atomic E-state index is 0.176. The molecule has 3 aromatic rings. The summed E-state index contributed by atoms with van der Waals surface area (Å²) in [7, 11) is 0. The van der Waals surface area contributed by atoms with Crippen molar-refractivity contribution in [2.75, 3.05) is 0 Å². The van der Waals surface area contributed by atoms with Gasteiger partial charge in [0, 0.05) is 29.8 Å². The monoisotopic (exact) mass is 282 g/mol. The second-order valence-electron chi connectivity index (χ2n) is 4.78. The largest absolute Gasteiger partial charge is 0.489 e. The molecule has 0 amide bonds. The average Bonchev–Trinajstić information content (AvgIpc) is 2.53. The highest BCUT2D eigenvalue weighted by molar-refractivity contribution is 5.79. The molecular formula is C17H15FN2O. The van der Waals surface area contributed by atoms with Gasteiger partial charge < -0.3 is 10.5 Å². The average molecular weight is 282 g/mol. The zero-order valence-electron chi connectivity index (χ0n) is 11.4. The third kappa shape index (κ3) is 3.01. The molecule has 1 heterocycles. The van der Waals surface area contributed by atoms with E-state index in [1.54, 1.807) is 12.3 Å². The maximum Gasteiger partial charge on any atom is 0.130 e. The quantitative estimate of drug-likeness (QED) is 0.797. The van der Waals surface area contributed by atoms with Crippen molar-refractivity contribution in [3.8, 4) is 5.75 Å². The maximum absolute atomic E-state index is 13.8. The van der Waals surface area contributed by atoms with E-state index in [1.807, 2.05) is 36.4 Å². The smallest absolute Gasteiger partial charge is 0.130 e. The van der Waals surface area contributed by atoms with Crippen LogP contribution in [0.2, 0.25) is 0 Å². The molecule has 3 nitrogen and oxygen atoms in total. The van der Waals surface area contributed by atoms with Crippen LogP contribution in [0, 0.1) is 5.82 Å². The zero-order valence-corrected chi connectivity index (χ0v) is 11.4. The summed E-state index contributed by atoms with van der Waals surface area (Å²) < 4.78 is 19.5. The summed E-state index contributed by atoms with van der Waals surface area (Å²) in [6, 6.07) is 14.5. The van der Waals surface area contributed by atoms with Crippen molar-refractivity contribution in [2.24, 2.45) is 5.73 Å². The van der Waals surface area contributed by atoms with Crippen molar-refractivity contribution < 1.29 is 9.13 Å². The van der Waals surface area contributed by atoms with Crippen LogP contribution in [-0.2, 0) is 13.2 Å². The molecule has 2 N–H and O–H groups in total. The van der Waals surface area contributed by atoms with Crippen molar-refractivity contribution in [2.45, 2.75) is 13.2 Å². The van der Waals surface area contributed by atoms with E-state index in [4.69, 9.17) is 10.5 Å². The van der Waals surface area contributed by atoms with Crippen LogP contribution in [0.5, 0.6) is 5.75 Å². The first-order chi connectivity index (χ1) is 10.3. The summed E-state index contributed by atoms with van der Waals surface area (Å²) in [5, 5.41) is 1.04. The summed E-state index contributed by atoms with van der Waals surface area (Å²) in [6.07, 6.45) is 1.73. The molecule has 0 saturated heterocycles. The number of rotatable bonds is 4. The summed E-state index contributed by atoms with van der Waals surface area (Å²) in [5.74, 6) is 0.375. The van der Waals surface area contributed by atoms with Gasteiger partial charge in [-0.3, -0.25) is 4.98 Å². The van der Waals surface area contributed by atoms with Crippen LogP contribution in [0.3, 0.4) is 0 Å². The lowest BCUT2D eigenvalue weighted by atomic mass is 10.1. The molecule has 0 aliphatic carbocycles. The Balaban J connectivity index is 1.77. The van der Waals surface area contributed by atoms with Gasteiger partial charge in [0.1, 0.15) is 18.2 Å². The zero-order chi connectivity index (χ0) is 14.7. The second kappa shape index (κ2) is 5.89. The molecule has 0 radical (unpaired) electrons. The molecule has 1 aromatic heterocycles. The molecular weight excluding hydrogens is 267 g/mol. The summed E-state index contributed by atoms with van der Waals surface area (Å²) in [4.78, 5) is 4.27. The summed E-state index contributed by atoms with van der Waals surface area (Å²) in [6.45, 7) is 0.503. The minimum Gasteiger partial charge on any atom is -0.489 e. The number of hydrogen-bond acceptors (Lipinski definition) is 3. The SMILES string of the molecule is NCc1ccc(COc2ccc3cccnc3c2)c(F)c1. The molecule has 0 saturated carbocycles. The van der Waals surface area contributed by atoms with Gasteiger partial charge in [-0.15, -0.1) is 0 Å². The highest BCUT2D eigenvalue weighted by atomic mass is 19.1. The maximum atomic E-state index is 13.8. The van der Waals surface area contributed by atoms with Crippen LogP contribution in [-0.4, -0.2) is 4.98 Å². The summed E-state index contributed by atoms with van der Waals surface area (Å²) in [5.41, 5.74) is 7.61. The number of ether oxygens (including phenoxy) is 1. The fraction of sp³-hybridized carbons (Fsp3) is 0.118. The Morgan fingerprint density at radius 2 is 2.00 bits per heavy atom. The van der Waals surface area contributed by atoms with Crippen LogP contribution >= 0.6 is 0 Å². The Morgan fingerprint density at radius 1 is 1.10 bits per heavy atom. The Morgan fingerprint density at radius 3 is 2.81 bits per heavy atom. The normalized spacial score (nSPS) is 10.8. The van der Waals surface area contributed by atoms with Gasteiger partial charge in [-0.2, -0.15) is 0 Å². The fourth-order valence-electron chi connectivity index (χ4n) is 2.13. The van der Waals surface area contributed by atoms with E-state index < -0.39 is 0 Å². The molecule has 4 heteroatoms. The molecule has 0 fully saturated rings. The van der Waals surface area contributed by atoms with Gasteiger partial charge in [-0.25, -0.2) is 4.39 Å². The third-order valence-corrected chi connectivity index (χ3v) is 3.32. The minimum atomic E-state index is -0.295. The van der Waals surface area contributed by atoms with Crippen molar-refractivity contribution >= 4 is 10.9 Å². The van der Waals surface area contributed by atoms with Crippen molar-refractivity contribution in [1.82, 2.24) is 4.98 Å². The number of halogens is 1. The number of benzene rings is 2. The molecule has 3 rings (SSSR count). The number of aromatic nitrogens is 1. The van der Waals surface area contributed by atoms with Crippen LogP contribution in [0.25, 0.3) is 10.9 Å². The first kappa shape index (κ1) is 13.5. The lowest BCUT2D eigenvalue weighted by Crippen LogP contribution is -2.02. The predicted molar refractivity (Wildman–Crippen MR) is 80.4 cm³/mol. The molecule has 21 heavy (non-hydrogen) atoms. The summed E-state index contributed by atoms with van der Waals surface area (Å²) >= 11 is 0. The van der Waals surface area contributed by atoms with Crippen LogP contribution < -0.4 is 10.5 Å². The lowest BCUT2D eigenvalue weighted by Gasteiger charge is -2.09. The van der Waals surface area contributed by atoms with E-state index in [9.17, 15) is 4.39 Å². The van der Waals surface area contributed by atoms with E-state index >= 15 is 0 Å². The number of hydrogen-bond donors (Lipinski definition) is 1. The van der Waals surface area contributed by atoms with E-state index in [0.717, 1.165) is 16.5 Å². The highest BCUT2D eigenvalue weighted by Crippen LogP contribution is 2.20. The third-order valence-electron chi connectivity index (χ3n) is 3.32. The molecule has 2 aromatic carbocycles. The van der Waals surface area contributed by atoms with Gasteiger partial charge >= 0.3 is 0 Å². The molecule has 0 unspecified atom stereocenters.